The van der Waals surface area contributed by atoms with Crippen LogP contribution in [-0.4, -0.2) is 18.7 Å². The van der Waals surface area contributed by atoms with Gasteiger partial charge in [0.25, 0.3) is 0 Å². The molecule has 0 aliphatic carbocycles. The van der Waals surface area contributed by atoms with Gasteiger partial charge in [-0.1, -0.05) is 30.3 Å². The second kappa shape index (κ2) is 8.38. The first-order valence-electron chi connectivity index (χ1n) is 5.76. The van der Waals surface area contributed by atoms with E-state index >= 15 is 0 Å². The van der Waals surface area contributed by atoms with E-state index in [1.807, 2.05) is 30.3 Å². The zero-order valence-corrected chi connectivity index (χ0v) is 10.1. The summed E-state index contributed by atoms with van der Waals surface area (Å²) in [5, 5.41) is 0. The Balaban J connectivity index is 2.12. The summed E-state index contributed by atoms with van der Waals surface area (Å²) < 4.78 is 9.58. The van der Waals surface area contributed by atoms with Gasteiger partial charge in [0.2, 0.25) is 0 Å². The van der Waals surface area contributed by atoms with Crippen LogP contribution in [0.1, 0.15) is 24.8 Å². The largest absolute Gasteiger partial charge is 0.395 e. The molecule has 1 aromatic carbocycles. The van der Waals surface area contributed by atoms with Crippen molar-refractivity contribution in [1.82, 2.24) is 0 Å². The predicted molar refractivity (Wildman–Crippen MR) is 65.2 cm³/mol. The molecule has 5 heteroatoms. The van der Waals surface area contributed by atoms with E-state index < -0.39 is 12.2 Å². The number of rotatable bonds is 8. The maximum Gasteiger partial charge on any atom is 0.313 e. The Bertz CT molecular complexity index is 367. The standard InChI is InChI=1S/C13H17NO4/c14-12(7-4-8-13(16)18-10-15)17-9-11-5-2-1-3-6-11/h1-3,5-6,10,12H,4,7-9,14H2. The molecule has 0 spiro atoms. The second-order valence-corrected chi connectivity index (χ2v) is 3.81. The molecule has 0 amide bonds. The van der Waals surface area contributed by atoms with Gasteiger partial charge < -0.3 is 15.2 Å². The van der Waals surface area contributed by atoms with E-state index in [2.05, 4.69) is 4.74 Å². The van der Waals surface area contributed by atoms with Crippen molar-refractivity contribution in [3.8, 4) is 0 Å². The van der Waals surface area contributed by atoms with Gasteiger partial charge in [0.05, 0.1) is 6.61 Å². The monoisotopic (exact) mass is 251 g/mol. The van der Waals surface area contributed by atoms with Crippen molar-refractivity contribution < 1.29 is 19.1 Å². The number of nitrogens with two attached hydrogens (primary N) is 1. The minimum Gasteiger partial charge on any atom is -0.395 e. The Kier molecular flexibility index (Phi) is 6.68. The highest BCUT2D eigenvalue weighted by Crippen LogP contribution is 2.06. The number of esters is 1. The lowest BCUT2D eigenvalue weighted by Gasteiger charge is -2.12. The summed E-state index contributed by atoms with van der Waals surface area (Å²) in [6, 6.07) is 9.70. The van der Waals surface area contributed by atoms with Crippen LogP contribution in [0.4, 0.5) is 0 Å². The molecule has 0 bridgehead atoms. The summed E-state index contributed by atoms with van der Waals surface area (Å²) in [5.41, 5.74) is 6.79. The Morgan fingerprint density at radius 2 is 2.06 bits per heavy atom. The summed E-state index contributed by atoms with van der Waals surface area (Å²) in [5.74, 6) is -0.541. The molecule has 0 radical (unpaired) electrons. The number of hydrogen-bond acceptors (Lipinski definition) is 5. The number of carbonyl (C=O) groups is 2. The molecule has 0 aromatic heterocycles. The average Bonchev–Trinajstić information content (AvgIpc) is 2.38. The van der Waals surface area contributed by atoms with E-state index in [0.717, 1.165) is 5.56 Å². The Morgan fingerprint density at radius 3 is 2.72 bits per heavy atom. The van der Waals surface area contributed by atoms with Crippen molar-refractivity contribution in [3.63, 3.8) is 0 Å². The van der Waals surface area contributed by atoms with Crippen molar-refractivity contribution in [1.29, 1.82) is 0 Å². The quantitative estimate of drug-likeness (QED) is 0.326. The molecule has 0 heterocycles. The van der Waals surface area contributed by atoms with Gasteiger partial charge in [-0.15, -0.1) is 0 Å². The molecule has 0 saturated carbocycles. The lowest BCUT2D eigenvalue weighted by molar-refractivity contribution is -0.151. The van der Waals surface area contributed by atoms with Crippen molar-refractivity contribution >= 4 is 12.4 Å². The number of benzene rings is 1. The maximum absolute atomic E-state index is 10.9. The molecule has 0 aliphatic heterocycles. The lowest BCUT2D eigenvalue weighted by Crippen LogP contribution is -2.23. The predicted octanol–water partition coefficient (Wildman–Crippen LogP) is 1.36. The molecule has 98 valence electrons. The molecular weight excluding hydrogens is 234 g/mol. The van der Waals surface area contributed by atoms with Gasteiger partial charge in [-0.25, -0.2) is 0 Å². The normalized spacial score (nSPS) is 11.8. The van der Waals surface area contributed by atoms with Gasteiger partial charge in [-0.3, -0.25) is 9.59 Å². The first kappa shape index (κ1) is 14.3. The summed E-state index contributed by atoms with van der Waals surface area (Å²) in [7, 11) is 0. The zero-order valence-electron chi connectivity index (χ0n) is 10.1. The highest BCUT2D eigenvalue weighted by molar-refractivity contribution is 5.76. The van der Waals surface area contributed by atoms with Crippen molar-refractivity contribution in [2.45, 2.75) is 32.1 Å². The number of carbonyl (C=O) groups excluding carboxylic acids is 2. The fraction of sp³-hybridized carbons (Fsp3) is 0.385. The molecule has 0 aliphatic rings. The number of ether oxygens (including phenoxy) is 2. The second-order valence-electron chi connectivity index (χ2n) is 3.81. The van der Waals surface area contributed by atoms with Gasteiger partial charge in [0, 0.05) is 6.42 Å². The molecule has 1 rings (SSSR count). The van der Waals surface area contributed by atoms with Crippen molar-refractivity contribution in [3.05, 3.63) is 35.9 Å². The average molecular weight is 251 g/mol. The van der Waals surface area contributed by atoms with E-state index in [-0.39, 0.29) is 12.9 Å². The lowest BCUT2D eigenvalue weighted by atomic mass is 10.2. The first-order valence-corrected chi connectivity index (χ1v) is 5.76. The first-order chi connectivity index (χ1) is 8.72. The van der Waals surface area contributed by atoms with Gasteiger partial charge in [-0.05, 0) is 18.4 Å². The van der Waals surface area contributed by atoms with E-state index in [4.69, 9.17) is 10.5 Å². The summed E-state index contributed by atoms with van der Waals surface area (Å²) >= 11 is 0. The smallest absolute Gasteiger partial charge is 0.313 e. The van der Waals surface area contributed by atoms with Gasteiger partial charge >= 0.3 is 12.4 Å². The SMILES string of the molecule is NC(CCCC(=O)OC=O)OCc1ccccc1. The Hall–Kier alpha value is -1.72. The molecule has 2 N–H and O–H groups in total. The third-order valence-corrected chi connectivity index (χ3v) is 2.36. The molecule has 1 unspecified atom stereocenters. The van der Waals surface area contributed by atoms with Gasteiger partial charge in [0.15, 0.2) is 0 Å². The molecule has 5 nitrogen and oxygen atoms in total. The highest BCUT2D eigenvalue weighted by atomic mass is 16.6. The van der Waals surface area contributed by atoms with Crippen LogP contribution in [0.15, 0.2) is 30.3 Å². The molecule has 1 aromatic rings. The summed E-state index contributed by atoms with van der Waals surface area (Å²) in [6.07, 6.45) is 0.819. The fourth-order valence-corrected chi connectivity index (χ4v) is 1.42. The maximum atomic E-state index is 10.9. The van der Waals surface area contributed by atoms with E-state index in [9.17, 15) is 9.59 Å². The minimum atomic E-state index is -0.541. The zero-order chi connectivity index (χ0) is 13.2. The Morgan fingerprint density at radius 1 is 1.33 bits per heavy atom. The van der Waals surface area contributed by atoms with Crippen LogP contribution in [-0.2, 0) is 25.7 Å². The van der Waals surface area contributed by atoms with Crippen LogP contribution in [0.3, 0.4) is 0 Å². The van der Waals surface area contributed by atoms with Crippen LogP contribution in [0.25, 0.3) is 0 Å². The summed E-state index contributed by atoms with van der Waals surface area (Å²) in [4.78, 5) is 20.7. The fourth-order valence-electron chi connectivity index (χ4n) is 1.42. The highest BCUT2D eigenvalue weighted by Gasteiger charge is 2.06. The molecule has 0 saturated heterocycles. The van der Waals surface area contributed by atoms with Gasteiger partial charge in [-0.2, -0.15) is 0 Å². The van der Waals surface area contributed by atoms with Crippen LogP contribution in [0.2, 0.25) is 0 Å². The van der Waals surface area contributed by atoms with Crippen LogP contribution in [0, 0.1) is 0 Å². The van der Waals surface area contributed by atoms with Crippen molar-refractivity contribution in [2.75, 3.05) is 0 Å². The molecular formula is C13H17NO4. The molecule has 0 fully saturated rings. The third-order valence-electron chi connectivity index (χ3n) is 2.36. The topological polar surface area (TPSA) is 78.6 Å². The van der Waals surface area contributed by atoms with Gasteiger partial charge in [0.1, 0.15) is 6.23 Å². The van der Waals surface area contributed by atoms with Crippen LogP contribution < -0.4 is 5.73 Å². The van der Waals surface area contributed by atoms with E-state index in [0.29, 0.717) is 19.4 Å². The van der Waals surface area contributed by atoms with Crippen LogP contribution >= 0.6 is 0 Å². The number of hydrogen-bond donors (Lipinski definition) is 1. The van der Waals surface area contributed by atoms with E-state index in [1.165, 1.54) is 0 Å². The van der Waals surface area contributed by atoms with Crippen LogP contribution in [0.5, 0.6) is 0 Å². The third kappa shape index (κ3) is 6.12. The minimum absolute atomic E-state index is 0.133. The summed E-state index contributed by atoms with van der Waals surface area (Å²) in [6.45, 7) is 0.578. The molecule has 18 heavy (non-hydrogen) atoms. The van der Waals surface area contributed by atoms with E-state index in [1.54, 1.807) is 0 Å². The molecule has 1 atom stereocenters. The Labute approximate surface area is 106 Å². The van der Waals surface area contributed by atoms with Crippen molar-refractivity contribution in [2.24, 2.45) is 5.73 Å².